The molecule has 4 aromatic rings. The van der Waals surface area contributed by atoms with Gasteiger partial charge in [0, 0.05) is 0 Å². The Bertz CT molecular complexity index is 1780. The zero-order valence-corrected chi connectivity index (χ0v) is 31.9. The number of fused-ring (bicyclic) bond motifs is 2. The van der Waals surface area contributed by atoms with Gasteiger partial charge in [0.05, 0.1) is 0 Å². The van der Waals surface area contributed by atoms with E-state index in [2.05, 4.69) is 179 Å². The first-order valence-corrected chi connectivity index (χ1v) is 39.0. The van der Waals surface area contributed by atoms with E-state index >= 15 is 0 Å². The van der Waals surface area contributed by atoms with Crippen LogP contribution in [0.2, 0.25) is 15.7 Å². The van der Waals surface area contributed by atoms with Gasteiger partial charge in [0.15, 0.2) is 0 Å². The van der Waals surface area contributed by atoms with Crippen LogP contribution in [0, 0.1) is 0 Å². The molecule has 0 fully saturated rings. The summed E-state index contributed by atoms with van der Waals surface area (Å²) in [5.41, 5.74) is 11.2. The second kappa shape index (κ2) is 8.33. The first-order valence-electron chi connectivity index (χ1n) is 15.7. The van der Waals surface area contributed by atoms with E-state index < -0.39 is 14.2 Å². The molecule has 2 aliphatic carbocycles. The van der Waals surface area contributed by atoms with Crippen molar-refractivity contribution >= 4 is 19.1 Å². The fourth-order valence-electron chi connectivity index (χ4n) is 9.75. The van der Waals surface area contributed by atoms with E-state index in [0.717, 1.165) is 0 Å². The van der Waals surface area contributed by atoms with E-state index in [9.17, 15) is 0 Å². The van der Waals surface area contributed by atoms with Crippen LogP contribution in [-0.2, 0) is 14.2 Å². The van der Waals surface area contributed by atoms with Gasteiger partial charge in [-0.2, -0.15) is 0 Å². The number of benzene rings is 4. The van der Waals surface area contributed by atoms with E-state index in [1.54, 1.807) is 0 Å². The molecule has 4 aromatic carbocycles. The molecule has 0 nitrogen and oxygen atoms in total. The Labute approximate surface area is 250 Å². The van der Waals surface area contributed by atoms with Gasteiger partial charge in [-0.25, -0.2) is 0 Å². The Kier molecular flexibility index (Phi) is 5.85. The van der Waals surface area contributed by atoms with Gasteiger partial charge in [0.1, 0.15) is 0 Å². The average molecular weight is 735 g/mol. The summed E-state index contributed by atoms with van der Waals surface area (Å²) in [6.07, 6.45) is 10.3. The molecule has 42 heavy (non-hydrogen) atoms. The maximum atomic E-state index is 2.88. The molecule has 0 bridgehead atoms. The van der Waals surface area contributed by atoms with Gasteiger partial charge in [-0.05, 0) is 0 Å². The molecule has 0 heterocycles. The molecule has 0 aliphatic heterocycles. The molecule has 0 saturated carbocycles. The zero-order chi connectivity index (χ0) is 30.3. The minimum absolute atomic E-state index is 0.0411. The second-order valence-corrected chi connectivity index (χ2v) is 92.7. The third-order valence-corrected chi connectivity index (χ3v) is 110. The van der Waals surface area contributed by atoms with Gasteiger partial charge in [-0.1, -0.05) is 0 Å². The van der Waals surface area contributed by atoms with Crippen LogP contribution in [0.25, 0.3) is 34.4 Å². The standard InChI is InChI=1S/2C15H11.2C4H9.2CH3.Hf.H2Si/c2*1-2-6-12(7-3-1)14-10-4-8-13-9-5-11-15(13)14;2*1-4(2)3;;;;/h2*1-11H;2*1-3H3;2*1H3;;1H2. The van der Waals surface area contributed by atoms with Gasteiger partial charge in [-0.15, -0.1) is 0 Å². The third-order valence-electron chi connectivity index (χ3n) is 15.2. The van der Waals surface area contributed by atoms with Crippen molar-refractivity contribution in [1.29, 1.82) is 0 Å². The van der Waals surface area contributed by atoms with Gasteiger partial charge in [-0.3, -0.25) is 0 Å². The van der Waals surface area contributed by atoms with Crippen molar-refractivity contribution < 1.29 is 14.2 Å². The van der Waals surface area contributed by atoms with Gasteiger partial charge < -0.3 is 0 Å². The molecule has 2 aliphatic rings. The van der Waals surface area contributed by atoms with E-state index in [-0.39, 0.29) is 6.34 Å². The van der Waals surface area contributed by atoms with Crippen molar-refractivity contribution in [3.63, 3.8) is 0 Å². The minimum atomic E-state index is -5.49. The topological polar surface area (TPSA) is 0 Å². The Balaban J connectivity index is 1.72. The molecule has 0 aromatic heterocycles. The number of hydrogen-bond acceptors (Lipinski definition) is 0. The number of rotatable bonds is 4. The summed E-state index contributed by atoms with van der Waals surface area (Å²) in [6, 6.07) is 36.1. The van der Waals surface area contributed by atoms with Crippen molar-refractivity contribution in [3.8, 4) is 22.3 Å². The SMILES string of the molecule is C[C](C)(C)[Hf]([CH3])([CH3])(=[SiH2])([CH]1C=Cc2c(-c3ccccc3)cccc21)([CH]1C=Cc2c(-c3ccccc3)cccc21)[C](C)(C)C. The van der Waals surface area contributed by atoms with Crippen molar-refractivity contribution in [1.82, 2.24) is 0 Å². The van der Waals surface area contributed by atoms with E-state index in [4.69, 9.17) is 0 Å². The molecule has 0 radical (unpaired) electrons. The molecule has 0 N–H and O–H groups in total. The molecule has 2 heteroatoms. The van der Waals surface area contributed by atoms with Crippen molar-refractivity contribution in [2.75, 3.05) is 0 Å². The Hall–Kier alpha value is -2.55. The second-order valence-electron chi connectivity index (χ2n) is 17.5. The fourth-order valence-corrected chi connectivity index (χ4v) is 56.5. The van der Waals surface area contributed by atoms with Crippen molar-refractivity contribution in [2.45, 2.75) is 64.6 Å². The molecule has 6 rings (SSSR count). The van der Waals surface area contributed by atoms with Crippen LogP contribution in [0.4, 0.5) is 0 Å². The summed E-state index contributed by atoms with van der Waals surface area (Å²) < 4.78 is 6.51. The summed E-state index contributed by atoms with van der Waals surface area (Å²) in [6.45, 7) is 18.1. The van der Waals surface area contributed by atoms with E-state index in [1.165, 1.54) is 44.5 Å². The van der Waals surface area contributed by atoms with Crippen LogP contribution in [-0.4, -0.2) is 6.94 Å². The average Bonchev–Trinajstić information content (AvgIpc) is 3.59. The molecule has 2 atom stereocenters. The molecule has 0 saturated heterocycles. The summed E-state index contributed by atoms with van der Waals surface area (Å²) in [5, 5.41) is 0. The number of allylic oxidation sites excluding steroid dienone is 2. The number of hydrogen-bond donors (Lipinski definition) is 0. The molecular formula is C40H48HfSi. The summed E-state index contributed by atoms with van der Waals surface area (Å²) in [4.78, 5) is 0. The summed E-state index contributed by atoms with van der Waals surface area (Å²) in [7, 11) is 0. The van der Waals surface area contributed by atoms with Gasteiger partial charge in [0.2, 0.25) is 0 Å². The predicted molar refractivity (Wildman–Crippen MR) is 187 cm³/mol. The van der Waals surface area contributed by atoms with Crippen LogP contribution in [0.15, 0.2) is 109 Å². The molecule has 0 spiro atoms. The Morgan fingerprint density at radius 1 is 0.500 bits per heavy atom. The van der Waals surface area contributed by atoms with Crippen LogP contribution in [0.3, 0.4) is 0 Å². The Morgan fingerprint density at radius 3 is 1.19 bits per heavy atom. The van der Waals surface area contributed by atoms with Crippen LogP contribution in [0.5, 0.6) is 0 Å². The van der Waals surface area contributed by atoms with Crippen LogP contribution >= 0.6 is 0 Å². The monoisotopic (exact) mass is 736 g/mol. The maximum absolute atomic E-state index is 5.49. The summed E-state index contributed by atoms with van der Waals surface area (Å²) >= 11 is -5.49. The quantitative estimate of drug-likeness (QED) is 0.183. The summed E-state index contributed by atoms with van der Waals surface area (Å²) in [5.74, 6) is 0. The first-order chi connectivity index (χ1) is 19.5. The molecule has 216 valence electrons. The fraction of sp³-hybridized carbons (Fsp3) is 0.300. The zero-order valence-electron chi connectivity index (χ0n) is 26.9. The first kappa shape index (κ1) is 29.5. The van der Waals surface area contributed by atoms with Crippen molar-refractivity contribution in [3.05, 3.63) is 131 Å². The van der Waals surface area contributed by atoms with E-state index in [1.807, 2.05) is 0 Å². The molecular weight excluding hydrogens is 687 g/mol. The Morgan fingerprint density at radius 2 is 0.857 bits per heavy atom. The van der Waals surface area contributed by atoms with Crippen LogP contribution < -0.4 is 0 Å². The van der Waals surface area contributed by atoms with Crippen LogP contribution in [0.1, 0.15) is 71.1 Å². The predicted octanol–water partition coefficient (Wildman–Crippen LogP) is 11.7. The molecule has 2 unspecified atom stereocenters. The molecule has 0 amide bonds. The van der Waals surface area contributed by atoms with E-state index in [0.29, 0.717) is 7.35 Å². The van der Waals surface area contributed by atoms with Gasteiger partial charge in [0.25, 0.3) is 0 Å². The third kappa shape index (κ3) is 3.06. The normalized spacial score (nSPS) is 20.7. The van der Waals surface area contributed by atoms with Gasteiger partial charge >= 0.3 is 252 Å². The van der Waals surface area contributed by atoms with Crippen molar-refractivity contribution in [2.24, 2.45) is 0 Å².